The highest BCUT2D eigenvalue weighted by Crippen LogP contribution is 2.19. The van der Waals surface area contributed by atoms with Crippen molar-refractivity contribution in [2.24, 2.45) is 7.05 Å². The molecule has 1 aromatic carbocycles. The summed E-state index contributed by atoms with van der Waals surface area (Å²) in [5, 5.41) is 0.103. The zero-order valence-corrected chi connectivity index (χ0v) is 9.61. The Bertz CT molecular complexity index is 691. The van der Waals surface area contributed by atoms with E-state index < -0.39 is 17.1 Å². The van der Waals surface area contributed by atoms with Crippen molar-refractivity contribution in [3.8, 4) is 5.69 Å². The molecule has 0 bridgehead atoms. The third-order valence-corrected chi connectivity index (χ3v) is 2.66. The number of rotatable bonds is 1. The lowest BCUT2D eigenvalue weighted by molar-refractivity contribution is 0.627. The maximum atomic E-state index is 12.9. The molecule has 0 fully saturated rings. The van der Waals surface area contributed by atoms with Crippen LogP contribution in [0.1, 0.15) is 0 Å². The molecule has 0 spiro atoms. The second kappa shape index (κ2) is 4.18. The first kappa shape index (κ1) is 11.6. The van der Waals surface area contributed by atoms with E-state index in [4.69, 9.17) is 11.6 Å². The molecule has 0 aliphatic rings. The van der Waals surface area contributed by atoms with Crippen LogP contribution in [0.5, 0.6) is 0 Å². The summed E-state index contributed by atoms with van der Waals surface area (Å²) >= 11 is 5.84. The van der Waals surface area contributed by atoms with Gasteiger partial charge in [0.25, 0.3) is 5.56 Å². The lowest BCUT2D eigenvalue weighted by Crippen LogP contribution is -2.36. The first-order valence-electron chi connectivity index (χ1n) is 4.75. The minimum atomic E-state index is -0.536. The van der Waals surface area contributed by atoms with Gasteiger partial charge in [-0.05, 0) is 18.2 Å². The Hall–Kier alpha value is -1.88. The fourth-order valence-electron chi connectivity index (χ4n) is 1.43. The lowest BCUT2D eigenvalue weighted by Gasteiger charge is -2.08. The smallest absolute Gasteiger partial charge is 0.269 e. The molecular weight excluding hydrogens is 247 g/mol. The summed E-state index contributed by atoms with van der Waals surface area (Å²) in [5.74, 6) is -0.489. The fraction of sp³-hybridized carbons (Fsp3) is 0.0909. The maximum absolute atomic E-state index is 12.9. The molecule has 2 rings (SSSR count). The van der Waals surface area contributed by atoms with E-state index in [0.29, 0.717) is 5.69 Å². The molecule has 0 N–H and O–H groups in total. The molecule has 0 saturated heterocycles. The fourth-order valence-corrected chi connectivity index (χ4v) is 1.69. The van der Waals surface area contributed by atoms with Gasteiger partial charge in [0.15, 0.2) is 0 Å². The van der Waals surface area contributed by atoms with Crippen molar-refractivity contribution < 1.29 is 4.39 Å². The van der Waals surface area contributed by atoms with Crippen molar-refractivity contribution in [3.63, 3.8) is 0 Å². The predicted molar refractivity (Wildman–Crippen MR) is 62.2 cm³/mol. The molecule has 17 heavy (non-hydrogen) atoms. The number of halogens is 2. The van der Waals surface area contributed by atoms with Gasteiger partial charge in [0.05, 0.1) is 10.7 Å². The van der Waals surface area contributed by atoms with Gasteiger partial charge < -0.3 is 0 Å². The molecule has 0 unspecified atom stereocenters. The topological polar surface area (TPSA) is 44.0 Å². The SMILES string of the molecule is Cn1c(=O)ccn(-c2ccc(F)cc2Cl)c1=O. The van der Waals surface area contributed by atoms with Gasteiger partial charge in [-0.2, -0.15) is 0 Å². The molecule has 2 aromatic rings. The van der Waals surface area contributed by atoms with Crippen LogP contribution in [0, 0.1) is 5.82 Å². The molecule has 0 radical (unpaired) electrons. The predicted octanol–water partition coefficient (Wildman–Crippen LogP) is 1.33. The van der Waals surface area contributed by atoms with Gasteiger partial charge in [-0.3, -0.25) is 13.9 Å². The van der Waals surface area contributed by atoms with E-state index in [1.165, 1.54) is 36.0 Å². The summed E-state index contributed by atoms with van der Waals surface area (Å²) in [6, 6.07) is 4.91. The molecule has 4 nitrogen and oxygen atoms in total. The molecule has 88 valence electrons. The molecule has 0 atom stereocenters. The van der Waals surface area contributed by atoms with Crippen molar-refractivity contribution in [2.45, 2.75) is 0 Å². The van der Waals surface area contributed by atoms with Crippen molar-refractivity contribution in [2.75, 3.05) is 0 Å². The van der Waals surface area contributed by atoms with Gasteiger partial charge in [-0.15, -0.1) is 0 Å². The van der Waals surface area contributed by atoms with Crippen molar-refractivity contribution >= 4 is 11.6 Å². The van der Waals surface area contributed by atoms with Crippen LogP contribution in [0.2, 0.25) is 5.02 Å². The van der Waals surface area contributed by atoms with Crippen LogP contribution in [-0.2, 0) is 7.05 Å². The third-order valence-electron chi connectivity index (χ3n) is 2.36. The highest BCUT2D eigenvalue weighted by molar-refractivity contribution is 6.32. The average molecular weight is 255 g/mol. The van der Waals surface area contributed by atoms with Crippen molar-refractivity contribution in [1.29, 1.82) is 0 Å². The Morgan fingerprint density at radius 3 is 2.59 bits per heavy atom. The van der Waals surface area contributed by atoms with Crippen LogP contribution in [0.25, 0.3) is 5.69 Å². The zero-order valence-electron chi connectivity index (χ0n) is 8.85. The van der Waals surface area contributed by atoms with Gasteiger partial charge >= 0.3 is 5.69 Å². The number of hydrogen-bond acceptors (Lipinski definition) is 2. The molecule has 1 heterocycles. The Morgan fingerprint density at radius 1 is 1.24 bits per heavy atom. The molecule has 1 aromatic heterocycles. The van der Waals surface area contributed by atoms with Gasteiger partial charge in [0, 0.05) is 19.3 Å². The lowest BCUT2D eigenvalue weighted by atomic mass is 10.3. The molecule has 0 saturated carbocycles. The quantitative estimate of drug-likeness (QED) is 0.771. The first-order valence-corrected chi connectivity index (χ1v) is 5.12. The summed E-state index contributed by atoms with van der Waals surface area (Å²) in [5.41, 5.74) is -0.621. The highest BCUT2D eigenvalue weighted by Gasteiger charge is 2.08. The van der Waals surface area contributed by atoms with Crippen LogP contribution in [0.15, 0.2) is 40.1 Å². The van der Waals surface area contributed by atoms with Crippen LogP contribution in [0.3, 0.4) is 0 Å². The van der Waals surface area contributed by atoms with Crippen molar-refractivity contribution in [3.05, 3.63) is 62.1 Å². The molecule has 0 amide bonds. The summed E-state index contributed by atoms with van der Waals surface area (Å²) < 4.78 is 15.0. The summed E-state index contributed by atoms with van der Waals surface area (Å²) in [6.07, 6.45) is 1.31. The molecule has 6 heteroatoms. The zero-order chi connectivity index (χ0) is 12.6. The van der Waals surface area contributed by atoms with E-state index in [2.05, 4.69) is 0 Å². The van der Waals surface area contributed by atoms with Crippen LogP contribution < -0.4 is 11.2 Å². The van der Waals surface area contributed by atoms with E-state index in [1.807, 2.05) is 0 Å². The summed E-state index contributed by atoms with van der Waals surface area (Å²) in [4.78, 5) is 23.0. The Kier molecular flexibility index (Phi) is 2.85. The third kappa shape index (κ3) is 2.01. The largest absolute Gasteiger partial charge is 0.335 e. The molecule has 0 aliphatic heterocycles. The second-order valence-electron chi connectivity index (χ2n) is 3.46. The normalized spacial score (nSPS) is 10.5. The van der Waals surface area contributed by atoms with E-state index in [0.717, 1.165) is 10.6 Å². The summed E-state index contributed by atoms with van der Waals surface area (Å²) in [6.45, 7) is 0. The first-order chi connectivity index (χ1) is 8.00. The number of nitrogens with zero attached hydrogens (tertiary/aromatic N) is 2. The monoisotopic (exact) mass is 254 g/mol. The molecule has 0 aliphatic carbocycles. The van der Waals surface area contributed by atoms with E-state index in [9.17, 15) is 14.0 Å². The van der Waals surface area contributed by atoms with Gasteiger partial charge in [-0.1, -0.05) is 11.6 Å². The molecular formula is C11H8ClFN2O2. The minimum Gasteiger partial charge on any atom is -0.269 e. The van der Waals surface area contributed by atoms with E-state index in [-0.39, 0.29) is 5.02 Å². The summed E-state index contributed by atoms with van der Waals surface area (Å²) in [7, 11) is 1.36. The van der Waals surface area contributed by atoms with E-state index in [1.54, 1.807) is 0 Å². The van der Waals surface area contributed by atoms with Crippen LogP contribution in [0.4, 0.5) is 4.39 Å². The average Bonchev–Trinajstić information content (AvgIpc) is 2.28. The van der Waals surface area contributed by atoms with Gasteiger partial charge in [-0.25, -0.2) is 9.18 Å². The maximum Gasteiger partial charge on any atom is 0.335 e. The number of hydrogen-bond donors (Lipinski definition) is 0. The van der Waals surface area contributed by atoms with Crippen LogP contribution >= 0.6 is 11.6 Å². The Balaban J connectivity index is 2.74. The standard InChI is InChI=1S/C11H8ClFN2O2/c1-14-10(16)4-5-15(11(14)17)9-3-2-7(13)6-8(9)12/h2-6H,1H3. The Labute approximate surface area is 101 Å². The minimum absolute atomic E-state index is 0.103. The van der Waals surface area contributed by atoms with Gasteiger partial charge in [0.2, 0.25) is 0 Å². The van der Waals surface area contributed by atoms with Crippen LogP contribution in [-0.4, -0.2) is 9.13 Å². The number of aromatic nitrogens is 2. The second-order valence-corrected chi connectivity index (χ2v) is 3.87. The highest BCUT2D eigenvalue weighted by atomic mass is 35.5. The Morgan fingerprint density at radius 2 is 1.94 bits per heavy atom. The number of benzene rings is 1. The van der Waals surface area contributed by atoms with Crippen molar-refractivity contribution in [1.82, 2.24) is 9.13 Å². The van der Waals surface area contributed by atoms with E-state index >= 15 is 0 Å². The van der Waals surface area contributed by atoms with Gasteiger partial charge in [0.1, 0.15) is 5.82 Å².